The van der Waals surface area contributed by atoms with Crippen LogP contribution in [0.1, 0.15) is 5.56 Å². The predicted molar refractivity (Wildman–Crippen MR) is 93.0 cm³/mol. The summed E-state index contributed by atoms with van der Waals surface area (Å²) >= 11 is 0. The fourth-order valence-electron chi connectivity index (χ4n) is 2.90. The van der Waals surface area contributed by atoms with E-state index >= 15 is 0 Å². The lowest BCUT2D eigenvalue weighted by Crippen LogP contribution is -2.20. The number of nitro benzene ring substituents is 1. The van der Waals surface area contributed by atoms with Gasteiger partial charge in [0, 0.05) is 23.8 Å². The number of non-ortho nitro benzene ring substituents is 1. The van der Waals surface area contributed by atoms with Crippen LogP contribution in [0.5, 0.6) is 0 Å². The van der Waals surface area contributed by atoms with Crippen LogP contribution in [-0.4, -0.2) is 14.5 Å². The van der Waals surface area contributed by atoms with Gasteiger partial charge < -0.3 is 0 Å². The zero-order valence-electron chi connectivity index (χ0n) is 13.3. The molecule has 0 aliphatic heterocycles. The summed E-state index contributed by atoms with van der Waals surface area (Å²) in [6.07, 6.45) is 5.70. The molecule has 2 aromatic heterocycles. The maximum atomic E-state index is 10.9. The summed E-state index contributed by atoms with van der Waals surface area (Å²) in [5.41, 5.74) is 3.11. The number of nitrogens with zero attached hydrogens (tertiary/aromatic N) is 4. The van der Waals surface area contributed by atoms with Crippen molar-refractivity contribution >= 4 is 11.5 Å². The van der Waals surface area contributed by atoms with Crippen LogP contribution in [0.4, 0.5) is 5.69 Å². The van der Waals surface area contributed by atoms with Crippen molar-refractivity contribution in [2.45, 2.75) is 6.54 Å². The van der Waals surface area contributed by atoms with Gasteiger partial charge in [-0.3, -0.25) is 10.1 Å². The van der Waals surface area contributed by atoms with Crippen LogP contribution in [0.15, 0.2) is 79.3 Å². The molecule has 0 aliphatic carbocycles. The highest BCUT2D eigenvalue weighted by atomic mass is 16.6. The van der Waals surface area contributed by atoms with Crippen molar-refractivity contribution in [1.82, 2.24) is 9.55 Å². The lowest BCUT2D eigenvalue weighted by molar-refractivity contribution is -0.513. The van der Waals surface area contributed by atoms with Gasteiger partial charge in [0.05, 0.1) is 17.7 Å². The third kappa shape index (κ3) is 2.85. The van der Waals surface area contributed by atoms with Crippen molar-refractivity contribution in [3.63, 3.8) is 0 Å². The quantitative estimate of drug-likeness (QED) is 0.327. The Morgan fingerprint density at radius 2 is 1.80 bits per heavy atom. The van der Waals surface area contributed by atoms with Crippen molar-refractivity contribution < 1.29 is 9.32 Å². The van der Waals surface area contributed by atoms with Gasteiger partial charge in [-0.05, 0) is 17.7 Å². The minimum absolute atomic E-state index is 0.0836. The van der Waals surface area contributed by atoms with Crippen molar-refractivity contribution in [2.75, 3.05) is 0 Å². The van der Waals surface area contributed by atoms with Crippen LogP contribution in [0.25, 0.3) is 17.0 Å². The number of benzene rings is 2. The maximum Gasteiger partial charge on any atom is 0.403 e. The van der Waals surface area contributed by atoms with Gasteiger partial charge in [-0.25, -0.2) is 8.97 Å². The molecular weight excluding hydrogens is 316 g/mol. The van der Waals surface area contributed by atoms with Gasteiger partial charge in [0.2, 0.25) is 0 Å². The second-order valence-corrected chi connectivity index (χ2v) is 5.72. The monoisotopic (exact) mass is 331 g/mol. The van der Waals surface area contributed by atoms with Crippen LogP contribution in [0.3, 0.4) is 0 Å². The Kier molecular flexibility index (Phi) is 3.70. The molecule has 0 aliphatic rings. The van der Waals surface area contributed by atoms with Crippen LogP contribution in [0, 0.1) is 10.1 Å². The summed E-state index contributed by atoms with van der Waals surface area (Å²) in [6.45, 7) is 0.667. The fourth-order valence-corrected chi connectivity index (χ4v) is 2.90. The number of fused-ring (bicyclic) bond motifs is 1. The minimum atomic E-state index is -0.389. The smallest absolute Gasteiger partial charge is 0.258 e. The summed E-state index contributed by atoms with van der Waals surface area (Å²) in [7, 11) is 0. The molecule has 6 nitrogen and oxygen atoms in total. The van der Waals surface area contributed by atoms with Crippen molar-refractivity contribution in [1.29, 1.82) is 0 Å². The highest BCUT2D eigenvalue weighted by Crippen LogP contribution is 2.24. The lowest BCUT2D eigenvalue weighted by Gasteiger charge is -2.04. The van der Waals surface area contributed by atoms with Crippen LogP contribution < -0.4 is 4.40 Å². The molecule has 0 atom stereocenters. The largest absolute Gasteiger partial charge is 0.403 e. The molecule has 4 aromatic rings. The molecular formula is C19H15N4O2+. The second-order valence-electron chi connectivity index (χ2n) is 5.72. The summed E-state index contributed by atoms with van der Waals surface area (Å²) in [6, 6.07) is 18.6. The van der Waals surface area contributed by atoms with E-state index < -0.39 is 0 Å². The summed E-state index contributed by atoms with van der Waals surface area (Å²) in [5, 5.41) is 10.9. The van der Waals surface area contributed by atoms with Crippen LogP contribution in [0.2, 0.25) is 0 Å². The molecule has 122 valence electrons. The van der Waals surface area contributed by atoms with E-state index in [1.807, 2.05) is 41.1 Å². The van der Waals surface area contributed by atoms with Crippen molar-refractivity contribution in [3.05, 3.63) is 94.9 Å². The minimum Gasteiger partial charge on any atom is -0.258 e. The first-order valence-corrected chi connectivity index (χ1v) is 7.86. The molecule has 0 saturated carbocycles. The molecule has 0 spiro atoms. The van der Waals surface area contributed by atoms with Crippen LogP contribution in [-0.2, 0) is 6.54 Å². The van der Waals surface area contributed by atoms with Crippen molar-refractivity contribution in [3.8, 4) is 11.3 Å². The molecule has 0 amide bonds. The zero-order valence-corrected chi connectivity index (χ0v) is 13.3. The average molecular weight is 331 g/mol. The van der Waals surface area contributed by atoms with E-state index in [1.54, 1.807) is 18.3 Å². The van der Waals surface area contributed by atoms with Crippen molar-refractivity contribution in [2.24, 2.45) is 0 Å². The predicted octanol–water partition coefficient (Wildman–Crippen LogP) is 3.25. The molecule has 0 saturated heterocycles. The molecule has 0 radical (unpaired) electrons. The lowest BCUT2D eigenvalue weighted by atomic mass is 10.1. The second kappa shape index (κ2) is 6.16. The fraction of sp³-hybridized carbons (Fsp3) is 0.0526. The molecule has 0 unspecified atom stereocenters. The SMILES string of the molecule is O=[N+]([O-])c1ccc(-c2c[n+]3cccnc3n2Cc2ccccc2)cc1. The Morgan fingerprint density at radius 1 is 1.04 bits per heavy atom. The summed E-state index contributed by atoms with van der Waals surface area (Å²) < 4.78 is 4.07. The topological polar surface area (TPSA) is 65.1 Å². The standard InChI is InChI=1S/C19H15N4O2/c24-23(25)17-9-7-16(8-10-17)18-14-21-12-4-11-20-19(21)22(18)13-15-5-2-1-3-6-15/h1-12,14H,13H2/q+1. The Labute approximate surface area is 143 Å². The van der Waals surface area contributed by atoms with E-state index in [-0.39, 0.29) is 10.6 Å². The molecule has 2 aromatic carbocycles. The molecule has 25 heavy (non-hydrogen) atoms. The number of aromatic nitrogens is 3. The van der Waals surface area contributed by atoms with E-state index in [0.29, 0.717) is 6.54 Å². The van der Waals surface area contributed by atoms with Gasteiger partial charge >= 0.3 is 5.78 Å². The third-order valence-corrected chi connectivity index (χ3v) is 4.10. The highest BCUT2D eigenvalue weighted by molar-refractivity contribution is 5.62. The molecule has 6 heteroatoms. The van der Waals surface area contributed by atoms with Gasteiger partial charge in [-0.2, -0.15) is 0 Å². The zero-order chi connectivity index (χ0) is 17.2. The number of nitro groups is 1. The van der Waals surface area contributed by atoms with Gasteiger partial charge in [-0.1, -0.05) is 35.3 Å². The van der Waals surface area contributed by atoms with Crippen LogP contribution >= 0.6 is 0 Å². The number of hydrogen-bond acceptors (Lipinski definition) is 3. The Morgan fingerprint density at radius 3 is 2.52 bits per heavy atom. The molecule has 4 rings (SSSR count). The van der Waals surface area contributed by atoms with Gasteiger partial charge in [0.15, 0.2) is 0 Å². The Bertz CT molecular complexity index is 1040. The maximum absolute atomic E-state index is 10.9. The first-order valence-electron chi connectivity index (χ1n) is 7.86. The average Bonchev–Trinajstić information content (AvgIpc) is 3.01. The molecule has 0 fully saturated rings. The van der Waals surface area contributed by atoms with E-state index in [2.05, 4.69) is 21.7 Å². The number of rotatable bonds is 4. The van der Waals surface area contributed by atoms with E-state index in [4.69, 9.17) is 0 Å². The first kappa shape index (κ1) is 15.0. The van der Waals surface area contributed by atoms with Gasteiger partial charge in [0.25, 0.3) is 5.69 Å². The first-order chi connectivity index (χ1) is 12.2. The summed E-state index contributed by atoms with van der Waals surface area (Å²) in [4.78, 5) is 15.0. The number of imidazole rings is 1. The third-order valence-electron chi connectivity index (χ3n) is 4.10. The Balaban J connectivity index is 1.85. The Hall–Kier alpha value is -3.54. The molecule has 0 bridgehead atoms. The molecule has 0 N–H and O–H groups in total. The van der Waals surface area contributed by atoms with E-state index in [0.717, 1.165) is 22.6 Å². The molecule has 2 heterocycles. The van der Waals surface area contributed by atoms with Gasteiger partial charge in [-0.15, -0.1) is 0 Å². The van der Waals surface area contributed by atoms with E-state index in [1.165, 1.54) is 12.1 Å². The highest BCUT2D eigenvalue weighted by Gasteiger charge is 2.19. The normalized spacial score (nSPS) is 10.9. The van der Waals surface area contributed by atoms with Gasteiger partial charge in [0.1, 0.15) is 18.1 Å². The number of hydrogen-bond donors (Lipinski definition) is 0. The summed E-state index contributed by atoms with van der Waals surface area (Å²) in [5.74, 6) is 0.819. The van der Waals surface area contributed by atoms with E-state index in [9.17, 15) is 10.1 Å².